The highest BCUT2D eigenvalue weighted by Crippen LogP contribution is 2.28. The molecule has 2 aromatic rings. The van der Waals surface area contributed by atoms with Gasteiger partial charge in [0.05, 0.1) is 5.69 Å². The standard InChI is InChI=1S/C23H28FN3O3/c1-26(17-7-3-2-4-8-17)21(28)15-30-23(29)22-19-9-5-6-10-20(19)27(25-22)18-13-11-16(24)12-14-18/h11-14,17H,2-10,15H2,1H3. The van der Waals surface area contributed by atoms with Crippen LogP contribution in [0.5, 0.6) is 0 Å². The average Bonchev–Trinajstić information content (AvgIpc) is 3.17. The van der Waals surface area contributed by atoms with Crippen LogP contribution in [0.1, 0.15) is 66.7 Å². The summed E-state index contributed by atoms with van der Waals surface area (Å²) >= 11 is 0. The van der Waals surface area contributed by atoms with Gasteiger partial charge < -0.3 is 9.64 Å². The molecule has 1 heterocycles. The molecule has 0 spiro atoms. The highest BCUT2D eigenvalue weighted by molar-refractivity contribution is 5.91. The number of carbonyl (C=O) groups is 2. The van der Waals surface area contributed by atoms with E-state index in [1.165, 1.54) is 18.6 Å². The van der Waals surface area contributed by atoms with Gasteiger partial charge in [-0.15, -0.1) is 0 Å². The van der Waals surface area contributed by atoms with Crippen molar-refractivity contribution in [2.24, 2.45) is 0 Å². The molecule has 0 bridgehead atoms. The fraction of sp³-hybridized carbons (Fsp3) is 0.522. The monoisotopic (exact) mass is 413 g/mol. The summed E-state index contributed by atoms with van der Waals surface area (Å²) in [6.07, 6.45) is 9.04. The lowest BCUT2D eigenvalue weighted by Gasteiger charge is -2.31. The van der Waals surface area contributed by atoms with Crippen LogP contribution < -0.4 is 0 Å². The molecule has 1 saturated carbocycles. The minimum Gasteiger partial charge on any atom is -0.451 e. The first-order chi connectivity index (χ1) is 14.5. The Bertz CT molecular complexity index is 917. The van der Waals surface area contributed by atoms with Gasteiger partial charge in [0, 0.05) is 24.3 Å². The zero-order valence-electron chi connectivity index (χ0n) is 17.4. The maximum absolute atomic E-state index is 13.3. The Hall–Kier alpha value is -2.70. The third-order valence-corrected chi connectivity index (χ3v) is 6.29. The summed E-state index contributed by atoms with van der Waals surface area (Å²) in [6.45, 7) is -0.274. The molecular weight excluding hydrogens is 385 g/mol. The van der Waals surface area contributed by atoms with E-state index in [1.807, 2.05) is 0 Å². The Morgan fingerprint density at radius 1 is 1.10 bits per heavy atom. The fourth-order valence-electron chi connectivity index (χ4n) is 4.53. The lowest BCUT2D eigenvalue weighted by atomic mass is 9.94. The van der Waals surface area contributed by atoms with Crippen molar-refractivity contribution < 1.29 is 18.7 Å². The molecule has 0 atom stereocenters. The number of rotatable bonds is 5. The molecule has 0 aliphatic heterocycles. The van der Waals surface area contributed by atoms with E-state index in [4.69, 9.17) is 4.74 Å². The number of hydrogen-bond acceptors (Lipinski definition) is 4. The number of amides is 1. The number of esters is 1. The molecule has 0 saturated heterocycles. The van der Waals surface area contributed by atoms with E-state index in [0.29, 0.717) is 5.69 Å². The van der Waals surface area contributed by atoms with Crippen molar-refractivity contribution in [2.75, 3.05) is 13.7 Å². The topological polar surface area (TPSA) is 64.4 Å². The number of ether oxygens (including phenoxy) is 1. The summed E-state index contributed by atoms with van der Waals surface area (Å²) in [7, 11) is 1.79. The highest BCUT2D eigenvalue weighted by Gasteiger charge is 2.28. The molecule has 0 radical (unpaired) electrons. The second-order valence-corrected chi connectivity index (χ2v) is 8.24. The first-order valence-electron chi connectivity index (χ1n) is 10.8. The molecule has 2 aliphatic carbocycles. The van der Waals surface area contributed by atoms with E-state index < -0.39 is 5.97 Å². The van der Waals surface area contributed by atoms with Crippen LogP contribution in [-0.2, 0) is 22.4 Å². The predicted molar refractivity (Wildman–Crippen MR) is 110 cm³/mol. The number of halogens is 1. The Morgan fingerprint density at radius 2 is 1.80 bits per heavy atom. The summed E-state index contributed by atoms with van der Waals surface area (Å²) in [6, 6.07) is 6.29. The summed E-state index contributed by atoms with van der Waals surface area (Å²) in [5.74, 6) is -1.07. The summed E-state index contributed by atoms with van der Waals surface area (Å²) < 4.78 is 20.4. The van der Waals surface area contributed by atoms with Gasteiger partial charge >= 0.3 is 5.97 Å². The van der Waals surface area contributed by atoms with Gasteiger partial charge in [-0.25, -0.2) is 13.9 Å². The van der Waals surface area contributed by atoms with Crippen LogP contribution in [0, 0.1) is 5.82 Å². The number of carbonyl (C=O) groups excluding carboxylic acids is 2. The molecule has 1 aromatic heterocycles. The number of nitrogens with zero attached hydrogens (tertiary/aromatic N) is 3. The number of fused-ring (bicyclic) bond motifs is 1. The predicted octanol–water partition coefficient (Wildman–Crippen LogP) is 3.84. The van der Waals surface area contributed by atoms with Gasteiger partial charge in [0.15, 0.2) is 12.3 Å². The molecule has 7 heteroatoms. The lowest BCUT2D eigenvalue weighted by Crippen LogP contribution is -2.40. The molecule has 0 N–H and O–H groups in total. The molecule has 1 fully saturated rings. The van der Waals surface area contributed by atoms with Gasteiger partial charge in [-0.1, -0.05) is 19.3 Å². The van der Waals surface area contributed by atoms with E-state index in [-0.39, 0.29) is 30.1 Å². The van der Waals surface area contributed by atoms with Gasteiger partial charge in [-0.2, -0.15) is 5.10 Å². The van der Waals surface area contributed by atoms with Crippen LogP contribution in [-0.4, -0.2) is 46.3 Å². The maximum atomic E-state index is 13.3. The molecule has 1 aromatic carbocycles. The van der Waals surface area contributed by atoms with Gasteiger partial charge in [-0.05, 0) is 62.8 Å². The Labute approximate surface area is 176 Å². The van der Waals surface area contributed by atoms with E-state index in [2.05, 4.69) is 5.10 Å². The van der Waals surface area contributed by atoms with Crippen LogP contribution in [0.3, 0.4) is 0 Å². The van der Waals surface area contributed by atoms with Crippen LogP contribution >= 0.6 is 0 Å². The summed E-state index contributed by atoms with van der Waals surface area (Å²) in [5.41, 5.74) is 2.82. The van der Waals surface area contributed by atoms with Gasteiger partial charge in [-0.3, -0.25) is 4.79 Å². The van der Waals surface area contributed by atoms with Crippen molar-refractivity contribution >= 4 is 11.9 Å². The molecule has 160 valence electrons. The van der Waals surface area contributed by atoms with Gasteiger partial charge in [0.2, 0.25) is 0 Å². The smallest absolute Gasteiger partial charge is 0.359 e. The number of aromatic nitrogens is 2. The van der Waals surface area contributed by atoms with Gasteiger partial charge in [0.1, 0.15) is 5.82 Å². The Morgan fingerprint density at radius 3 is 2.53 bits per heavy atom. The molecular formula is C23H28FN3O3. The van der Waals surface area contributed by atoms with Crippen molar-refractivity contribution in [1.29, 1.82) is 0 Å². The maximum Gasteiger partial charge on any atom is 0.359 e. The minimum absolute atomic E-state index is 0.179. The van der Waals surface area contributed by atoms with E-state index in [1.54, 1.807) is 28.8 Å². The summed E-state index contributed by atoms with van der Waals surface area (Å²) in [5, 5.41) is 4.50. The first-order valence-corrected chi connectivity index (χ1v) is 10.8. The summed E-state index contributed by atoms with van der Waals surface area (Å²) in [4.78, 5) is 27.0. The minimum atomic E-state index is -0.570. The number of hydrogen-bond donors (Lipinski definition) is 0. The third kappa shape index (κ3) is 4.25. The normalized spacial score (nSPS) is 16.7. The zero-order valence-corrected chi connectivity index (χ0v) is 17.4. The van der Waals surface area contributed by atoms with Crippen LogP contribution in [0.25, 0.3) is 5.69 Å². The van der Waals surface area contributed by atoms with Crippen molar-refractivity contribution in [3.8, 4) is 5.69 Å². The first kappa shape index (κ1) is 20.6. The second kappa shape index (κ2) is 8.98. The number of likely N-dealkylation sites (N-methyl/N-ethyl adjacent to an activating group) is 1. The van der Waals surface area contributed by atoms with Gasteiger partial charge in [0.25, 0.3) is 5.91 Å². The number of benzene rings is 1. The largest absolute Gasteiger partial charge is 0.451 e. The molecule has 0 unspecified atom stereocenters. The van der Waals surface area contributed by atoms with E-state index in [9.17, 15) is 14.0 Å². The second-order valence-electron chi connectivity index (χ2n) is 8.24. The van der Waals surface area contributed by atoms with Crippen LogP contribution in [0.2, 0.25) is 0 Å². The molecule has 2 aliphatic rings. The average molecular weight is 413 g/mol. The molecule has 4 rings (SSSR count). The third-order valence-electron chi connectivity index (χ3n) is 6.29. The fourth-order valence-corrected chi connectivity index (χ4v) is 4.53. The Kier molecular flexibility index (Phi) is 6.16. The zero-order chi connectivity index (χ0) is 21.1. The lowest BCUT2D eigenvalue weighted by molar-refractivity contribution is -0.135. The van der Waals surface area contributed by atoms with Crippen molar-refractivity contribution in [3.63, 3.8) is 0 Å². The molecule has 6 nitrogen and oxygen atoms in total. The van der Waals surface area contributed by atoms with E-state index >= 15 is 0 Å². The Balaban J connectivity index is 1.48. The molecule has 30 heavy (non-hydrogen) atoms. The van der Waals surface area contributed by atoms with Crippen molar-refractivity contribution in [1.82, 2.24) is 14.7 Å². The van der Waals surface area contributed by atoms with Crippen molar-refractivity contribution in [3.05, 3.63) is 47.0 Å². The molecule has 1 amide bonds. The highest BCUT2D eigenvalue weighted by atomic mass is 19.1. The van der Waals surface area contributed by atoms with Crippen molar-refractivity contribution in [2.45, 2.75) is 63.8 Å². The van der Waals surface area contributed by atoms with E-state index in [0.717, 1.165) is 62.6 Å². The van der Waals surface area contributed by atoms with Crippen LogP contribution in [0.4, 0.5) is 4.39 Å². The SMILES string of the molecule is CN(C(=O)COC(=O)c1nn(-c2ccc(F)cc2)c2c1CCCC2)C1CCCCC1. The van der Waals surface area contributed by atoms with Crippen LogP contribution in [0.15, 0.2) is 24.3 Å². The quantitative estimate of drug-likeness (QED) is 0.699.